The number of fused-ring (bicyclic) bond motifs is 3. The van der Waals surface area contributed by atoms with Crippen LogP contribution in [-0.2, 0) is 11.3 Å². The molecule has 0 bridgehead atoms. The predicted molar refractivity (Wildman–Crippen MR) is 98.2 cm³/mol. The Morgan fingerprint density at radius 2 is 1.80 bits per heavy atom. The monoisotopic (exact) mass is 330 g/mol. The Kier molecular flexibility index (Phi) is 4.28. The van der Waals surface area contributed by atoms with E-state index in [0.29, 0.717) is 18.6 Å². The fraction of sp³-hybridized carbons (Fsp3) is 0.364. The second-order valence-corrected chi connectivity index (χ2v) is 7.09. The number of ketones is 1. The Bertz CT molecular complexity index is 808. The van der Waals surface area contributed by atoms with Crippen molar-refractivity contribution in [2.45, 2.75) is 44.2 Å². The Hall–Kier alpha value is -2.60. The molecule has 2 aliphatic rings. The van der Waals surface area contributed by atoms with Crippen molar-refractivity contribution in [1.29, 1.82) is 5.26 Å². The standard InChI is InChI=1S/C22H22N2O/c23-14-6-9-17-12-13-20-21(22(17)25)18-10-4-5-11-19(18)24(20)15-16-7-2-1-3-8-16/h1-5,7-8,10-11,17,20-21H,6,9,12-13,15H2/t17-,20?,21?/m1/s1. The van der Waals surface area contributed by atoms with Crippen LogP contribution < -0.4 is 4.90 Å². The van der Waals surface area contributed by atoms with Crippen LogP contribution in [0.2, 0.25) is 0 Å². The molecule has 1 saturated carbocycles. The highest BCUT2D eigenvalue weighted by molar-refractivity contribution is 5.93. The smallest absolute Gasteiger partial charge is 0.145 e. The maximum absolute atomic E-state index is 13.1. The van der Waals surface area contributed by atoms with Crippen molar-refractivity contribution in [2.24, 2.45) is 5.92 Å². The quantitative estimate of drug-likeness (QED) is 0.832. The van der Waals surface area contributed by atoms with Crippen molar-refractivity contribution in [1.82, 2.24) is 0 Å². The Morgan fingerprint density at radius 3 is 2.60 bits per heavy atom. The van der Waals surface area contributed by atoms with E-state index < -0.39 is 0 Å². The van der Waals surface area contributed by atoms with Crippen LogP contribution in [0.4, 0.5) is 5.69 Å². The first-order valence-electron chi connectivity index (χ1n) is 9.10. The van der Waals surface area contributed by atoms with E-state index in [2.05, 4.69) is 53.4 Å². The molecule has 3 atom stereocenters. The first-order chi connectivity index (χ1) is 12.3. The van der Waals surface area contributed by atoms with E-state index in [4.69, 9.17) is 5.26 Å². The average molecular weight is 330 g/mol. The summed E-state index contributed by atoms with van der Waals surface area (Å²) in [6, 6.07) is 21.3. The normalized spacial score (nSPS) is 24.5. The third-order valence-electron chi connectivity index (χ3n) is 5.69. The molecule has 0 amide bonds. The van der Waals surface area contributed by atoms with Crippen LogP contribution in [0, 0.1) is 17.2 Å². The zero-order valence-electron chi connectivity index (χ0n) is 14.3. The highest BCUT2D eigenvalue weighted by Gasteiger charge is 2.47. The summed E-state index contributed by atoms with van der Waals surface area (Å²) in [5.41, 5.74) is 3.66. The summed E-state index contributed by atoms with van der Waals surface area (Å²) in [5.74, 6) is 0.359. The van der Waals surface area contributed by atoms with Crippen LogP contribution in [-0.4, -0.2) is 11.8 Å². The number of nitrogens with zero attached hydrogens (tertiary/aromatic N) is 2. The van der Waals surface area contributed by atoms with Gasteiger partial charge < -0.3 is 4.90 Å². The summed E-state index contributed by atoms with van der Waals surface area (Å²) in [4.78, 5) is 15.6. The molecular formula is C22H22N2O. The molecule has 2 aromatic carbocycles. The minimum atomic E-state index is -0.0302. The van der Waals surface area contributed by atoms with Gasteiger partial charge in [-0.15, -0.1) is 0 Å². The molecule has 4 rings (SSSR count). The maximum Gasteiger partial charge on any atom is 0.145 e. The largest absolute Gasteiger partial charge is 0.363 e. The first kappa shape index (κ1) is 15.9. The number of anilines is 1. The molecule has 1 fully saturated rings. The topological polar surface area (TPSA) is 44.1 Å². The third-order valence-corrected chi connectivity index (χ3v) is 5.69. The van der Waals surface area contributed by atoms with E-state index in [0.717, 1.165) is 19.4 Å². The van der Waals surface area contributed by atoms with E-state index in [1.807, 2.05) is 12.1 Å². The second-order valence-electron chi connectivity index (χ2n) is 7.09. The van der Waals surface area contributed by atoms with Crippen LogP contribution in [0.3, 0.4) is 0 Å². The number of rotatable bonds is 4. The molecule has 126 valence electrons. The molecule has 1 aliphatic carbocycles. The number of hydrogen-bond acceptors (Lipinski definition) is 3. The molecule has 3 heteroatoms. The van der Waals surface area contributed by atoms with Crippen molar-refractivity contribution in [3.05, 3.63) is 65.7 Å². The van der Waals surface area contributed by atoms with Crippen molar-refractivity contribution in [3.8, 4) is 6.07 Å². The predicted octanol–water partition coefficient (Wildman–Crippen LogP) is 4.44. The van der Waals surface area contributed by atoms with Gasteiger partial charge >= 0.3 is 0 Å². The highest BCUT2D eigenvalue weighted by Crippen LogP contribution is 2.48. The average Bonchev–Trinajstić information content (AvgIpc) is 2.97. The molecule has 2 aromatic rings. The number of carbonyl (C=O) groups is 1. The Morgan fingerprint density at radius 1 is 1.04 bits per heavy atom. The van der Waals surface area contributed by atoms with Gasteiger partial charge in [0.15, 0.2) is 0 Å². The van der Waals surface area contributed by atoms with Crippen LogP contribution in [0.5, 0.6) is 0 Å². The molecule has 1 aliphatic heterocycles. The lowest BCUT2D eigenvalue weighted by atomic mass is 9.74. The van der Waals surface area contributed by atoms with Crippen molar-refractivity contribution >= 4 is 11.5 Å². The third kappa shape index (κ3) is 2.82. The van der Waals surface area contributed by atoms with Gasteiger partial charge in [-0.3, -0.25) is 4.79 Å². The van der Waals surface area contributed by atoms with Crippen LogP contribution in [0.25, 0.3) is 0 Å². The minimum Gasteiger partial charge on any atom is -0.363 e. The Labute approximate surface area is 148 Å². The second kappa shape index (κ2) is 6.72. The molecule has 3 nitrogen and oxygen atoms in total. The first-order valence-corrected chi connectivity index (χ1v) is 9.10. The van der Waals surface area contributed by atoms with E-state index in [1.54, 1.807) is 0 Å². The van der Waals surface area contributed by atoms with E-state index >= 15 is 0 Å². The summed E-state index contributed by atoms with van der Waals surface area (Å²) in [5, 5.41) is 8.87. The fourth-order valence-electron chi connectivity index (χ4n) is 4.52. The van der Waals surface area contributed by atoms with Crippen LogP contribution >= 0.6 is 0 Å². The number of para-hydroxylation sites is 1. The summed E-state index contributed by atoms with van der Waals surface area (Å²) in [6.45, 7) is 0.842. The van der Waals surface area contributed by atoms with Crippen molar-refractivity contribution in [2.75, 3.05) is 4.90 Å². The molecule has 0 N–H and O–H groups in total. The minimum absolute atomic E-state index is 0.0302. The molecule has 0 radical (unpaired) electrons. The van der Waals surface area contributed by atoms with Gasteiger partial charge in [-0.1, -0.05) is 48.5 Å². The van der Waals surface area contributed by atoms with Gasteiger partial charge in [0.1, 0.15) is 5.78 Å². The molecule has 0 saturated heterocycles. The molecular weight excluding hydrogens is 308 g/mol. The summed E-state index contributed by atoms with van der Waals surface area (Å²) >= 11 is 0. The number of nitriles is 1. The Balaban J connectivity index is 1.65. The zero-order valence-corrected chi connectivity index (χ0v) is 14.3. The fourth-order valence-corrected chi connectivity index (χ4v) is 4.52. The van der Waals surface area contributed by atoms with Gasteiger partial charge in [-0.2, -0.15) is 5.26 Å². The summed E-state index contributed by atoms with van der Waals surface area (Å²) < 4.78 is 0. The molecule has 0 spiro atoms. The highest BCUT2D eigenvalue weighted by atomic mass is 16.1. The van der Waals surface area contributed by atoms with Crippen molar-refractivity contribution < 1.29 is 4.79 Å². The van der Waals surface area contributed by atoms with Crippen LogP contribution in [0.1, 0.15) is 42.7 Å². The van der Waals surface area contributed by atoms with Crippen molar-refractivity contribution in [3.63, 3.8) is 0 Å². The van der Waals surface area contributed by atoms with E-state index in [1.165, 1.54) is 16.8 Å². The molecule has 0 aromatic heterocycles. The zero-order chi connectivity index (χ0) is 17.2. The molecule has 25 heavy (non-hydrogen) atoms. The number of Topliss-reactive ketones (excluding diaryl/α,β-unsaturated/α-hetero) is 1. The van der Waals surface area contributed by atoms with Gasteiger partial charge in [-0.25, -0.2) is 0 Å². The van der Waals surface area contributed by atoms with E-state index in [9.17, 15) is 4.79 Å². The van der Waals surface area contributed by atoms with Gasteiger partial charge in [-0.05, 0) is 36.5 Å². The van der Waals surface area contributed by atoms with Gasteiger partial charge in [0, 0.05) is 30.6 Å². The van der Waals surface area contributed by atoms with E-state index in [-0.39, 0.29) is 17.9 Å². The lowest BCUT2D eigenvalue weighted by Crippen LogP contribution is -2.42. The maximum atomic E-state index is 13.1. The number of hydrogen-bond donors (Lipinski definition) is 0. The SMILES string of the molecule is N#CCC[C@@H]1CCC2C(C1=O)c1ccccc1N2Cc1ccccc1. The van der Waals surface area contributed by atoms with Gasteiger partial charge in [0.05, 0.1) is 12.0 Å². The van der Waals surface area contributed by atoms with Gasteiger partial charge in [0.25, 0.3) is 0 Å². The summed E-state index contributed by atoms with van der Waals surface area (Å²) in [7, 11) is 0. The number of benzene rings is 2. The number of carbonyl (C=O) groups excluding carboxylic acids is 1. The summed E-state index contributed by atoms with van der Waals surface area (Å²) in [6.07, 6.45) is 3.11. The van der Waals surface area contributed by atoms with Gasteiger partial charge in [0.2, 0.25) is 0 Å². The molecule has 2 unspecified atom stereocenters. The lowest BCUT2D eigenvalue weighted by molar-refractivity contribution is -0.126. The van der Waals surface area contributed by atoms with Crippen LogP contribution in [0.15, 0.2) is 54.6 Å². The lowest BCUT2D eigenvalue weighted by Gasteiger charge is -2.36. The molecule has 1 heterocycles.